The maximum atomic E-state index is 10.4. The van der Waals surface area contributed by atoms with Crippen LogP contribution >= 0.6 is 0 Å². The molecule has 0 saturated carbocycles. The van der Waals surface area contributed by atoms with Gasteiger partial charge >= 0.3 is 0 Å². The largest absolute Gasteiger partial charge is 0.507 e. The van der Waals surface area contributed by atoms with Crippen LogP contribution in [0, 0.1) is 11.3 Å². The zero-order valence-corrected chi connectivity index (χ0v) is 13.4. The van der Waals surface area contributed by atoms with E-state index in [1.165, 1.54) is 0 Å². The number of hydrogen-bond donors (Lipinski definition) is 1. The molecule has 2 aromatic heterocycles. The fourth-order valence-corrected chi connectivity index (χ4v) is 2.89. The summed E-state index contributed by atoms with van der Waals surface area (Å²) in [5, 5.41) is 20.7. The summed E-state index contributed by atoms with van der Waals surface area (Å²) in [4.78, 5) is 6.13. The molecule has 0 saturated heterocycles. The van der Waals surface area contributed by atoms with E-state index >= 15 is 0 Å². The average molecular weight is 306 g/mol. The van der Waals surface area contributed by atoms with Gasteiger partial charge in [0.05, 0.1) is 16.8 Å². The fraction of sp³-hybridized carbons (Fsp3) is 0.222. The summed E-state index contributed by atoms with van der Waals surface area (Å²) in [6.45, 7) is 0.664. The topological polar surface area (TPSA) is 65.1 Å². The number of nitriles is 1. The first-order chi connectivity index (χ1) is 11.0. The number of benzene rings is 1. The maximum absolute atomic E-state index is 10.4. The van der Waals surface area contributed by atoms with Gasteiger partial charge in [-0.25, -0.2) is 0 Å². The number of pyridine rings is 1. The second kappa shape index (κ2) is 5.75. The Labute approximate surface area is 135 Å². The Morgan fingerprint density at radius 1 is 1.35 bits per heavy atom. The van der Waals surface area contributed by atoms with Crippen LogP contribution < -0.4 is 0 Å². The Kier molecular flexibility index (Phi) is 3.77. The van der Waals surface area contributed by atoms with Gasteiger partial charge < -0.3 is 14.6 Å². The highest BCUT2D eigenvalue weighted by molar-refractivity contribution is 5.94. The quantitative estimate of drug-likeness (QED) is 0.808. The molecular weight excluding hydrogens is 288 g/mol. The smallest absolute Gasteiger partial charge is 0.124 e. The third kappa shape index (κ3) is 2.54. The van der Waals surface area contributed by atoms with Crippen LogP contribution in [0.25, 0.3) is 22.0 Å². The SMILES string of the molecule is CN(C)Cc1c(C#N)c2cc(O)c(-c3cccnc3)cc2n1C. The molecule has 116 valence electrons. The molecular formula is C18H18N4O. The zero-order chi connectivity index (χ0) is 16.6. The number of rotatable bonds is 3. The van der Waals surface area contributed by atoms with Crippen molar-refractivity contribution in [2.24, 2.45) is 7.05 Å². The lowest BCUT2D eigenvalue weighted by Gasteiger charge is -2.11. The Balaban J connectivity index is 2.29. The lowest BCUT2D eigenvalue weighted by molar-refractivity contribution is 0.391. The molecule has 0 fully saturated rings. The molecule has 3 rings (SSSR count). The van der Waals surface area contributed by atoms with E-state index in [9.17, 15) is 10.4 Å². The summed E-state index contributed by atoms with van der Waals surface area (Å²) in [5.74, 6) is 0.156. The van der Waals surface area contributed by atoms with Gasteiger partial charge in [0, 0.05) is 42.5 Å². The first-order valence-corrected chi connectivity index (χ1v) is 7.32. The monoisotopic (exact) mass is 306 g/mol. The lowest BCUT2D eigenvalue weighted by Crippen LogP contribution is -2.14. The van der Waals surface area contributed by atoms with Gasteiger partial charge in [0.25, 0.3) is 0 Å². The van der Waals surface area contributed by atoms with Gasteiger partial charge in [-0.3, -0.25) is 4.98 Å². The molecule has 0 atom stereocenters. The minimum Gasteiger partial charge on any atom is -0.507 e. The van der Waals surface area contributed by atoms with E-state index in [4.69, 9.17) is 0 Å². The average Bonchev–Trinajstić information content (AvgIpc) is 2.78. The third-order valence-corrected chi connectivity index (χ3v) is 3.99. The van der Waals surface area contributed by atoms with Crippen LogP contribution in [0.5, 0.6) is 5.75 Å². The first-order valence-electron chi connectivity index (χ1n) is 7.32. The Morgan fingerprint density at radius 2 is 2.13 bits per heavy atom. The number of phenolic OH excluding ortho intramolecular Hbond substituents is 1. The van der Waals surface area contributed by atoms with Crippen LogP contribution in [0.3, 0.4) is 0 Å². The molecule has 1 aromatic carbocycles. The predicted octanol–water partition coefficient (Wildman–Crippen LogP) is 2.88. The van der Waals surface area contributed by atoms with Gasteiger partial charge in [0.1, 0.15) is 11.8 Å². The van der Waals surface area contributed by atoms with Gasteiger partial charge in [0.2, 0.25) is 0 Å². The molecule has 5 heteroatoms. The van der Waals surface area contributed by atoms with Crippen molar-refractivity contribution in [3.63, 3.8) is 0 Å². The second-order valence-corrected chi connectivity index (χ2v) is 5.86. The van der Waals surface area contributed by atoms with Crippen LogP contribution in [0.4, 0.5) is 0 Å². The van der Waals surface area contributed by atoms with E-state index in [1.54, 1.807) is 18.5 Å². The number of aryl methyl sites for hydroxylation is 1. The number of aromatic hydroxyl groups is 1. The number of nitrogens with zero attached hydrogens (tertiary/aromatic N) is 4. The maximum Gasteiger partial charge on any atom is 0.124 e. The van der Waals surface area contributed by atoms with Crippen molar-refractivity contribution in [1.29, 1.82) is 5.26 Å². The van der Waals surface area contributed by atoms with Gasteiger partial charge in [-0.05, 0) is 32.3 Å². The van der Waals surface area contributed by atoms with Crippen molar-refractivity contribution in [1.82, 2.24) is 14.5 Å². The Bertz CT molecular complexity index is 904. The van der Waals surface area contributed by atoms with Crippen molar-refractivity contribution in [2.45, 2.75) is 6.54 Å². The van der Waals surface area contributed by atoms with E-state index in [0.29, 0.717) is 17.7 Å². The Morgan fingerprint density at radius 3 is 2.74 bits per heavy atom. The molecule has 0 aliphatic heterocycles. The summed E-state index contributed by atoms with van der Waals surface area (Å²) < 4.78 is 2.02. The molecule has 0 aliphatic rings. The van der Waals surface area contributed by atoms with Crippen molar-refractivity contribution in [3.8, 4) is 22.9 Å². The van der Waals surface area contributed by atoms with E-state index in [-0.39, 0.29) is 5.75 Å². The molecule has 2 heterocycles. The number of fused-ring (bicyclic) bond motifs is 1. The van der Waals surface area contributed by atoms with Crippen LogP contribution in [0.15, 0.2) is 36.7 Å². The summed E-state index contributed by atoms with van der Waals surface area (Å²) >= 11 is 0. The molecule has 0 spiro atoms. The normalized spacial score (nSPS) is 11.1. The highest BCUT2D eigenvalue weighted by Gasteiger charge is 2.18. The van der Waals surface area contributed by atoms with E-state index in [2.05, 4.69) is 11.1 Å². The minimum absolute atomic E-state index is 0.156. The van der Waals surface area contributed by atoms with Crippen molar-refractivity contribution in [3.05, 3.63) is 47.9 Å². The van der Waals surface area contributed by atoms with Gasteiger partial charge in [-0.2, -0.15) is 5.26 Å². The second-order valence-electron chi connectivity index (χ2n) is 5.86. The third-order valence-electron chi connectivity index (χ3n) is 3.99. The zero-order valence-electron chi connectivity index (χ0n) is 13.4. The molecule has 0 amide bonds. The van der Waals surface area contributed by atoms with Gasteiger partial charge in [-0.15, -0.1) is 0 Å². The molecule has 5 nitrogen and oxygen atoms in total. The summed E-state index contributed by atoms with van der Waals surface area (Å²) in [6.07, 6.45) is 3.42. The molecule has 0 aliphatic carbocycles. The number of phenols is 1. The number of aromatic nitrogens is 2. The lowest BCUT2D eigenvalue weighted by atomic mass is 10.0. The van der Waals surface area contributed by atoms with Crippen molar-refractivity contribution in [2.75, 3.05) is 14.1 Å². The molecule has 1 N–H and O–H groups in total. The molecule has 0 unspecified atom stereocenters. The molecule has 3 aromatic rings. The standard InChI is InChI=1S/C18H18N4O/c1-21(2)11-17-15(9-19)14-8-18(23)13(7-16(14)22(17)3)12-5-4-6-20-10-12/h4-8,10,23H,11H2,1-3H3. The van der Waals surface area contributed by atoms with Gasteiger partial charge in [-0.1, -0.05) is 6.07 Å². The van der Waals surface area contributed by atoms with Crippen molar-refractivity contribution < 1.29 is 5.11 Å². The van der Waals surface area contributed by atoms with Crippen molar-refractivity contribution >= 4 is 10.9 Å². The summed E-state index contributed by atoms with van der Waals surface area (Å²) in [7, 11) is 5.89. The highest BCUT2D eigenvalue weighted by atomic mass is 16.3. The van der Waals surface area contributed by atoms with E-state index in [0.717, 1.165) is 22.2 Å². The fourth-order valence-electron chi connectivity index (χ4n) is 2.89. The summed E-state index contributed by atoms with van der Waals surface area (Å²) in [5.41, 5.74) is 4.04. The predicted molar refractivity (Wildman–Crippen MR) is 89.9 cm³/mol. The molecule has 0 radical (unpaired) electrons. The first kappa shape index (κ1) is 15.1. The highest BCUT2D eigenvalue weighted by Crippen LogP contribution is 2.36. The van der Waals surface area contributed by atoms with Crippen LogP contribution in [-0.4, -0.2) is 33.7 Å². The number of hydrogen-bond acceptors (Lipinski definition) is 4. The minimum atomic E-state index is 0.156. The molecule has 0 bridgehead atoms. The molecule has 23 heavy (non-hydrogen) atoms. The Hall–Kier alpha value is -2.84. The van der Waals surface area contributed by atoms with Crippen LogP contribution in [-0.2, 0) is 13.6 Å². The van der Waals surface area contributed by atoms with E-state index < -0.39 is 0 Å². The van der Waals surface area contributed by atoms with Gasteiger partial charge in [0.15, 0.2) is 0 Å². The summed E-state index contributed by atoms with van der Waals surface area (Å²) in [6, 6.07) is 9.62. The van der Waals surface area contributed by atoms with E-state index in [1.807, 2.05) is 48.8 Å². The van der Waals surface area contributed by atoms with Crippen LogP contribution in [0.2, 0.25) is 0 Å². The van der Waals surface area contributed by atoms with Crippen LogP contribution in [0.1, 0.15) is 11.3 Å².